The van der Waals surface area contributed by atoms with Crippen LogP contribution in [0.25, 0.3) is 0 Å². The van der Waals surface area contributed by atoms with E-state index in [1.54, 1.807) is 0 Å². The van der Waals surface area contributed by atoms with Crippen molar-refractivity contribution >= 4 is 17.6 Å². The van der Waals surface area contributed by atoms with E-state index in [4.69, 9.17) is 0 Å². The van der Waals surface area contributed by atoms with Gasteiger partial charge in [-0.15, -0.1) is 0 Å². The Kier molecular flexibility index (Phi) is 5.57. The molecule has 134 valence electrons. The lowest BCUT2D eigenvalue weighted by atomic mass is 10.3. The van der Waals surface area contributed by atoms with Gasteiger partial charge in [-0.25, -0.2) is 0 Å². The number of hydrogen-bond donors (Lipinski definition) is 0. The SMILES string of the molecule is C1=[N+](c2ccccc2)C2N(c3ccccc3)Cc3ccc1n32.CC.CC. The molecule has 1 atom stereocenters. The van der Waals surface area contributed by atoms with E-state index in [1.165, 1.54) is 22.8 Å². The molecule has 2 aliphatic rings. The lowest BCUT2D eigenvalue weighted by Gasteiger charge is -2.22. The standard InChI is InChI=1S/C19H16N3.2C2H6/c1-3-7-15(8-4-1)20-13-17-11-12-18-14-21(19(20)22(17)18)16-9-5-2-6-10-16;2*1-2/h1-13,19H,14H2;2*1-2H3/q+1;;. The first-order valence-corrected chi connectivity index (χ1v) is 9.62. The molecule has 0 spiro atoms. The summed E-state index contributed by atoms with van der Waals surface area (Å²) in [6, 6.07) is 25.7. The van der Waals surface area contributed by atoms with Gasteiger partial charge in [-0.05, 0) is 24.3 Å². The highest BCUT2D eigenvalue weighted by Crippen LogP contribution is 2.39. The van der Waals surface area contributed by atoms with Crippen LogP contribution in [-0.4, -0.2) is 15.4 Å². The average molecular weight is 346 g/mol. The molecule has 1 aromatic heterocycles. The maximum Gasteiger partial charge on any atom is 0.321 e. The quantitative estimate of drug-likeness (QED) is 0.534. The Morgan fingerprint density at radius 2 is 1.38 bits per heavy atom. The van der Waals surface area contributed by atoms with Crippen LogP contribution in [0.5, 0.6) is 0 Å². The van der Waals surface area contributed by atoms with Crippen molar-refractivity contribution in [3.05, 3.63) is 84.2 Å². The van der Waals surface area contributed by atoms with E-state index in [9.17, 15) is 0 Å². The van der Waals surface area contributed by atoms with Gasteiger partial charge in [-0.2, -0.15) is 4.58 Å². The lowest BCUT2D eigenvalue weighted by molar-refractivity contribution is -0.496. The normalized spacial score (nSPS) is 16.1. The minimum atomic E-state index is 0.199. The number of hydrogen-bond acceptors (Lipinski definition) is 1. The van der Waals surface area contributed by atoms with Gasteiger partial charge in [0.25, 0.3) is 0 Å². The van der Waals surface area contributed by atoms with E-state index in [1.807, 2.05) is 27.7 Å². The molecular formula is C23H28N3+. The largest absolute Gasteiger partial charge is 0.321 e. The molecule has 3 nitrogen and oxygen atoms in total. The van der Waals surface area contributed by atoms with Crippen molar-refractivity contribution in [2.24, 2.45) is 0 Å². The number of rotatable bonds is 2. The summed E-state index contributed by atoms with van der Waals surface area (Å²) in [5.41, 5.74) is 5.14. The molecule has 0 bridgehead atoms. The van der Waals surface area contributed by atoms with Crippen molar-refractivity contribution in [2.75, 3.05) is 4.90 Å². The van der Waals surface area contributed by atoms with E-state index >= 15 is 0 Å². The molecule has 0 N–H and O–H groups in total. The zero-order valence-corrected chi connectivity index (χ0v) is 16.1. The van der Waals surface area contributed by atoms with E-state index in [0.717, 1.165) is 6.54 Å². The van der Waals surface area contributed by atoms with Gasteiger partial charge in [0.15, 0.2) is 6.21 Å². The summed E-state index contributed by atoms with van der Waals surface area (Å²) < 4.78 is 4.79. The summed E-state index contributed by atoms with van der Waals surface area (Å²) in [5.74, 6) is 0. The molecule has 2 aliphatic heterocycles. The molecule has 5 rings (SSSR count). The maximum absolute atomic E-state index is 2.45. The van der Waals surface area contributed by atoms with Gasteiger partial charge in [0, 0.05) is 23.5 Å². The highest BCUT2D eigenvalue weighted by atomic mass is 15.5. The molecule has 0 fully saturated rings. The number of benzene rings is 2. The molecule has 3 heteroatoms. The van der Waals surface area contributed by atoms with Crippen LogP contribution in [0.1, 0.15) is 45.4 Å². The second-order valence-electron chi connectivity index (χ2n) is 5.80. The van der Waals surface area contributed by atoms with Gasteiger partial charge in [0.1, 0.15) is 5.69 Å². The predicted molar refractivity (Wildman–Crippen MR) is 110 cm³/mol. The molecule has 0 amide bonds. The van der Waals surface area contributed by atoms with E-state index in [0.29, 0.717) is 0 Å². The molecule has 3 heterocycles. The lowest BCUT2D eigenvalue weighted by Crippen LogP contribution is -2.29. The first kappa shape index (κ1) is 18.0. The molecule has 26 heavy (non-hydrogen) atoms. The maximum atomic E-state index is 2.45. The van der Waals surface area contributed by atoms with Crippen LogP contribution in [0.3, 0.4) is 0 Å². The number of aromatic nitrogens is 1. The van der Waals surface area contributed by atoms with E-state index in [2.05, 4.69) is 93.1 Å². The molecule has 0 saturated heterocycles. The minimum absolute atomic E-state index is 0.199. The molecule has 0 saturated carbocycles. The Morgan fingerprint density at radius 1 is 0.769 bits per heavy atom. The van der Waals surface area contributed by atoms with Gasteiger partial charge in [-0.1, -0.05) is 64.1 Å². The van der Waals surface area contributed by atoms with Gasteiger partial charge < -0.3 is 0 Å². The van der Waals surface area contributed by atoms with Crippen molar-refractivity contribution in [3.8, 4) is 0 Å². The van der Waals surface area contributed by atoms with Gasteiger partial charge in [-0.3, -0.25) is 9.47 Å². The zero-order valence-electron chi connectivity index (χ0n) is 16.1. The average Bonchev–Trinajstić information content (AvgIpc) is 3.42. The predicted octanol–water partition coefficient (Wildman–Crippen LogP) is 5.79. The third-order valence-electron chi connectivity index (χ3n) is 4.54. The summed E-state index contributed by atoms with van der Waals surface area (Å²) in [6.07, 6.45) is 2.45. The Balaban J connectivity index is 0.000000461. The fraction of sp³-hybridized carbons (Fsp3) is 0.261. The van der Waals surface area contributed by atoms with Crippen LogP contribution in [0.15, 0.2) is 72.8 Å². The second-order valence-corrected chi connectivity index (χ2v) is 5.80. The fourth-order valence-corrected chi connectivity index (χ4v) is 3.56. The number of anilines is 1. The fourth-order valence-electron chi connectivity index (χ4n) is 3.56. The number of nitrogens with zero attached hydrogens (tertiary/aromatic N) is 3. The van der Waals surface area contributed by atoms with Crippen LogP contribution >= 0.6 is 0 Å². The van der Waals surface area contributed by atoms with Gasteiger partial charge in [0.05, 0.1) is 6.54 Å². The molecule has 0 aliphatic carbocycles. The third-order valence-corrected chi connectivity index (χ3v) is 4.54. The Bertz CT molecular complexity index is 863. The Morgan fingerprint density at radius 3 is 2.04 bits per heavy atom. The molecule has 0 radical (unpaired) electrons. The van der Waals surface area contributed by atoms with Crippen molar-refractivity contribution in [1.82, 2.24) is 4.57 Å². The first-order chi connectivity index (χ1) is 12.9. The zero-order chi connectivity index (χ0) is 18.5. The van der Waals surface area contributed by atoms with Gasteiger partial charge >= 0.3 is 6.29 Å². The summed E-state index contributed by atoms with van der Waals surface area (Å²) in [7, 11) is 0. The van der Waals surface area contributed by atoms with Crippen LogP contribution in [0.4, 0.5) is 11.4 Å². The highest BCUT2D eigenvalue weighted by molar-refractivity contribution is 5.77. The monoisotopic (exact) mass is 346 g/mol. The Labute approximate surface area is 156 Å². The summed E-state index contributed by atoms with van der Waals surface area (Å²) >= 11 is 0. The smallest absolute Gasteiger partial charge is 0.290 e. The summed E-state index contributed by atoms with van der Waals surface area (Å²) in [6.45, 7) is 8.95. The van der Waals surface area contributed by atoms with Crippen LogP contribution in [-0.2, 0) is 6.54 Å². The first-order valence-electron chi connectivity index (χ1n) is 9.62. The van der Waals surface area contributed by atoms with Crippen LogP contribution in [0.2, 0.25) is 0 Å². The molecule has 1 unspecified atom stereocenters. The topological polar surface area (TPSA) is 11.2 Å². The summed E-state index contributed by atoms with van der Waals surface area (Å²) in [4.78, 5) is 2.45. The number of para-hydroxylation sites is 2. The van der Waals surface area contributed by atoms with Crippen LogP contribution in [0, 0.1) is 0 Å². The molecule has 3 aromatic rings. The summed E-state index contributed by atoms with van der Waals surface area (Å²) in [5, 5.41) is 0. The highest BCUT2D eigenvalue weighted by Gasteiger charge is 2.44. The van der Waals surface area contributed by atoms with Crippen molar-refractivity contribution in [1.29, 1.82) is 0 Å². The molecule has 2 aromatic carbocycles. The van der Waals surface area contributed by atoms with Crippen molar-refractivity contribution < 1.29 is 4.58 Å². The van der Waals surface area contributed by atoms with Crippen molar-refractivity contribution in [3.63, 3.8) is 0 Å². The minimum Gasteiger partial charge on any atom is -0.290 e. The van der Waals surface area contributed by atoms with E-state index < -0.39 is 0 Å². The van der Waals surface area contributed by atoms with Crippen molar-refractivity contribution in [2.45, 2.75) is 40.5 Å². The van der Waals surface area contributed by atoms with Crippen LogP contribution < -0.4 is 4.90 Å². The van der Waals surface area contributed by atoms with E-state index in [-0.39, 0.29) is 6.29 Å². The van der Waals surface area contributed by atoms with Gasteiger partial charge in [0.2, 0.25) is 5.69 Å². The Hall–Kier alpha value is -2.81. The molecular weight excluding hydrogens is 318 g/mol. The third kappa shape index (κ3) is 2.94. The second kappa shape index (κ2) is 8.05.